The van der Waals surface area contributed by atoms with Crippen LogP contribution < -0.4 is 9.62 Å². The SMILES string of the molecule is CCc1nc(-c2cnc(N3CCN(C(=O)NS(=O)(=O)c4ccc(Cl)s4)CC3)c(Cl)c2)no1. The lowest BCUT2D eigenvalue weighted by molar-refractivity contribution is 0.200. The van der Waals surface area contributed by atoms with Crippen molar-refractivity contribution in [2.24, 2.45) is 0 Å². The van der Waals surface area contributed by atoms with E-state index in [0.717, 1.165) is 11.3 Å². The van der Waals surface area contributed by atoms with Crippen LogP contribution in [-0.4, -0.2) is 60.7 Å². The number of nitrogens with zero attached hydrogens (tertiary/aromatic N) is 5. The number of carbonyl (C=O) groups excluding carboxylic acids is 1. The van der Waals surface area contributed by atoms with Gasteiger partial charge in [0.05, 0.1) is 9.36 Å². The lowest BCUT2D eigenvalue weighted by Gasteiger charge is -2.35. The molecule has 0 aromatic carbocycles. The molecule has 0 radical (unpaired) electrons. The van der Waals surface area contributed by atoms with E-state index in [1.165, 1.54) is 17.0 Å². The van der Waals surface area contributed by atoms with Crippen molar-refractivity contribution in [2.75, 3.05) is 31.1 Å². The van der Waals surface area contributed by atoms with Crippen LogP contribution in [0.1, 0.15) is 12.8 Å². The largest absolute Gasteiger partial charge is 0.352 e. The first kappa shape index (κ1) is 22.8. The molecule has 2 amide bonds. The molecule has 4 rings (SSSR count). The van der Waals surface area contributed by atoms with Crippen LogP contribution in [0.5, 0.6) is 0 Å². The third-order valence-electron chi connectivity index (χ3n) is 4.75. The number of thiophene rings is 1. The molecule has 3 aromatic rings. The normalized spacial score (nSPS) is 14.6. The van der Waals surface area contributed by atoms with E-state index in [1.807, 2.05) is 11.8 Å². The van der Waals surface area contributed by atoms with Gasteiger partial charge < -0.3 is 14.3 Å². The number of sulfonamides is 1. The number of piperazine rings is 1. The highest BCUT2D eigenvalue weighted by atomic mass is 35.5. The van der Waals surface area contributed by atoms with Crippen LogP contribution in [0.3, 0.4) is 0 Å². The average Bonchev–Trinajstić information content (AvgIpc) is 3.43. The zero-order valence-electron chi connectivity index (χ0n) is 16.8. The Morgan fingerprint density at radius 2 is 2.00 bits per heavy atom. The molecule has 0 bridgehead atoms. The molecule has 1 aliphatic heterocycles. The molecule has 1 N–H and O–H groups in total. The summed E-state index contributed by atoms with van der Waals surface area (Å²) in [5.74, 6) is 1.51. The number of anilines is 1. The zero-order chi connectivity index (χ0) is 22.9. The summed E-state index contributed by atoms with van der Waals surface area (Å²) < 4.78 is 32.2. The van der Waals surface area contributed by atoms with Crippen molar-refractivity contribution < 1.29 is 17.7 Å². The van der Waals surface area contributed by atoms with Crippen LogP contribution >= 0.6 is 34.5 Å². The number of nitrogens with one attached hydrogen (secondary N) is 1. The van der Waals surface area contributed by atoms with Crippen LogP contribution in [0.2, 0.25) is 9.36 Å². The second kappa shape index (κ2) is 9.22. The van der Waals surface area contributed by atoms with Crippen molar-refractivity contribution in [3.8, 4) is 11.4 Å². The molecule has 0 spiro atoms. The second-order valence-electron chi connectivity index (χ2n) is 6.84. The Morgan fingerprint density at radius 1 is 1.25 bits per heavy atom. The highest BCUT2D eigenvalue weighted by molar-refractivity contribution is 7.92. The van der Waals surface area contributed by atoms with Crippen LogP contribution in [0.4, 0.5) is 10.6 Å². The van der Waals surface area contributed by atoms with Gasteiger partial charge in [-0.1, -0.05) is 35.3 Å². The summed E-state index contributed by atoms with van der Waals surface area (Å²) in [6.45, 7) is 3.39. The quantitative estimate of drug-likeness (QED) is 0.548. The Bertz CT molecular complexity index is 1240. The van der Waals surface area contributed by atoms with Crippen molar-refractivity contribution in [3.63, 3.8) is 0 Å². The molecule has 14 heteroatoms. The summed E-state index contributed by atoms with van der Waals surface area (Å²) in [4.78, 5) is 24.5. The summed E-state index contributed by atoms with van der Waals surface area (Å²) in [6.07, 6.45) is 2.25. The molecule has 0 unspecified atom stereocenters. The summed E-state index contributed by atoms with van der Waals surface area (Å²) in [5, 5.41) is 4.33. The molecule has 1 fully saturated rings. The predicted octanol–water partition coefficient (Wildman–Crippen LogP) is 3.28. The van der Waals surface area contributed by atoms with Crippen molar-refractivity contribution in [1.29, 1.82) is 0 Å². The molecular weight excluding hydrogens is 499 g/mol. The molecule has 32 heavy (non-hydrogen) atoms. The Morgan fingerprint density at radius 3 is 2.59 bits per heavy atom. The van der Waals surface area contributed by atoms with Gasteiger partial charge in [-0.3, -0.25) is 0 Å². The highest BCUT2D eigenvalue weighted by Gasteiger charge is 2.27. The van der Waals surface area contributed by atoms with E-state index in [1.54, 1.807) is 12.3 Å². The number of rotatable bonds is 5. The third kappa shape index (κ3) is 4.82. The molecule has 0 atom stereocenters. The maximum Gasteiger partial charge on any atom is 0.331 e. The first-order chi connectivity index (χ1) is 15.3. The molecule has 170 valence electrons. The van der Waals surface area contributed by atoms with E-state index in [4.69, 9.17) is 27.7 Å². The fourth-order valence-corrected chi connectivity index (χ4v) is 5.83. The number of hydrogen-bond acceptors (Lipinski definition) is 9. The van der Waals surface area contributed by atoms with Gasteiger partial charge in [0.2, 0.25) is 11.7 Å². The predicted molar refractivity (Wildman–Crippen MR) is 121 cm³/mol. The number of halogens is 2. The Balaban J connectivity index is 1.38. The van der Waals surface area contributed by atoms with Crippen LogP contribution in [0, 0.1) is 0 Å². The van der Waals surface area contributed by atoms with Crippen molar-refractivity contribution in [3.05, 3.63) is 39.6 Å². The summed E-state index contributed by atoms with van der Waals surface area (Å²) >= 11 is 13.1. The minimum absolute atomic E-state index is 0.0155. The maximum atomic E-state index is 12.5. The average molecular weight is 517 g/mol. The van der Waals surface area contributed by atoms with Gasteiger partial charge in [0.25, 0.3) is 10.0 Å². The molecular formula is C18H18Cl2N6O4S2. The maximum absolute atomic E-state index is 12.5. The van der Waals surface area contributed by atoms with E-state index >= 15 is 0 Å². The van der Waals surface area contributed by atoms with Crippen molar-refractivity contribution in [2.45, 2.75) is 17.6 Å². The highest BCUT2D eigenvalue weighted by Crippen LogP contribution is 2.29. The van der Waals surface area contributed by atoms with Crippen molar-refractivity contribution in [1.82, 2.24) is 24.7 Å². The van der Waals surface area contributed by atoms with Gasteiger partial charge in [-0.2, -0.15) is 4.98 Å². The summed E-state index contributed by atoms with van der Waals surface area (Å²) in [5.41, 5.74) is 0.638. The number of carbonyl (C=O) groups is 1. The molecule has 10 nitrogen and oxygen atoms in total. The van der Waals surface area contributed by atoms with Gasteiger partial charge in [0.15, 0.2) is 0 Å². The Kier molecular flexibility index (Phi) is 6.56. The van der Waals surface area contributed by atoms with Crippen LogP contribution in [-0.2, 0) is 16.4 Å². The lowest BCUT2D eigenvalue weighted by atomic mass is 10.2. The molecule has 1 aliphatic rings. The van der Waals surface area contributed by atoms with Gasteiger partial charge in [0, 0.05) is 44.4 Å². The summed E-state index contributed by atoms with van der Waals surface area (Å²) in [7, 11) is -3.97. The fraction of sp³-hybridized carbons (Fsp3) is 0.333. The van der Waals surface area contributed by atoms with Gasteiger partial charge in [-0.05, 0) is 18.2 Å². The van der Waals surface area contributed by atoms with Gasteiger partial charge in [0.1, 0.15) is 10.0 Å². The standard InChI is InChI=1S/C18H18Cl2N6O4S2/c1-2-14-22-16(23-30-14)11-9-12(19)17(21-10-11)25-5-7-26(8-6-25)18(27)24-32(28,29)15-4-3-13(20)31-15/h3-4,9-10H,2,5-8H2,1H3,(H,24,27). The number of aromatic nitrogens is 3. The summed E-state index contributed by atoms with van der Waals surface area (Å²) in [6, 6.07) is 3.85. The Hall–Kier alpha value is -2.41. The molecule has 0 saturated carbocycles. The second-order valence-corrected chi connectivity index (χ2v) is 10.9. The zero-order valence-corrected chi connectivity index (χ0v) is 19.9. The first-order valence-corrected chi connectivity index (χ1v) is 12.6. The molecule has 0 aliphatic carbocycles. The minimum atomic E-state index is -3.97. The molecule has 4 heterocycles. The van der Waals surface area contributed by atoms with Crippen LogP contribution in [0.25, 0.3) is 11.4 Å². The topological polar surface area (TPSA) is 122 Å². The number of aryl methyl sites for hydroxylation is 1. The smallest absolute Gasteiger partial charge is 0.331 e. The number of hydrogen-bond donors (Lipinski definition) is 1. The number of amides is 2. The van der Waals surface area contributed by atoms with Gasteiger partial charge in [-0.25, -0.2) is 22.9 Å². The molecule has 1 saturated heterocycles. The van der Waals surface area contributed by atoms with Gasteiger partial charge >= 0.3 is 6.03 Å². The van der Waals surface area contributed by atoms with E-state index in [2.05, 4.69) is 19.8 Å². The van der Waals surface area contributed by atoms with Crippen LogP contribution in [0.15, 0.2) is 33.1 Å². The minimum Gasteiger partial charge on any atom is -0.352 e. The van der Waals surface area contributed by atoms with E-state index in [9.17, 15) is 13.2 Å². The number of pyridine rings is 1. The Labute approximate surface area is 198 Å². The lowest BCUT2D eigenvalue weighted by Crippen LogP contribution is -2.52. The number of urea groups is 1. The van der Waals surface area contributed by atoms with E-state index in [0.29, 0.717) is 65.1 Å². The van der Waals surface area contributed by atoms with E-state index in [-0.39, 0.29) is 4.21 Å². The monoisotopic (exact) mass is 516 g/mol. The fourth-order valence-electron chi connectivity index (χ4n) is 3.09. The third-order valence-corrected chi connectivity index (χ3v) is 8.07. The van der Waals surface area contributed by atoms with Gasteiger partial charge in [-0.15, -0.1) is 11.3 Å². The molecule has 3 aromatic heterocycles. The first-order valence-electron chi connectivity index (χ1n) is 9.57. The van der Waals surface area contributed by atoms with Crippen molar-refractivity contribution >= 4 is 56.4 Å². The van der Waals surface area contributed by atoms with E-state index < -0.39 is 16.1 Å².